The summed E-state index contributed by atoms with van der Waals surface area (Å²) in [7, 11) is 0. The van der Waals surface area contributed by atoms with Gasteiger partial charge in [-0.2, -0.15) is 0 Å². The molecule has 0 fully saturated rings. The molecule has 0 saturated heterocycles. The van der Waals surface area contributed by atoms with E-state index in [1.54, 1.807) is 0 Å². The summed E-state index contributed by atoms with van der Waals surface area (Å²) in [6.45, 7) is 1.37. The minimum Gasteiger partial charge on any atom is -0.471 e. The van der Waals surface area contributed by atoms with Crippen molar-refractivity contribution in [2.75, 3.05) is 13.1 Å². The van der Waals surface area contributed by atoms with E-state index in [2.05, 4.69) is 4.99 Å². The summed E-state index contributed by atoms with van der Waals surface area (Å²) < 4.78 is 5.74. The summed E-state index contributed by atoms with van der Waals surface area (Å²) in [6, 6.07) is 7.71. The van der Waals surface area contributed by atoms with Crippen LogP contribution in [0.1, 0.15) is 24.5 Å². The van der Waals surface area contributed by atoms with Crippen molar-refractivity contribution in [3.63, 3.8) is 0 Å². The number of halogens is 1. The van der Waals surface area contributed by atoms with Crippen LogP contribution in [0.15, 0.2) is 29.3 Å². The van der Waals surface area contributed by atoms with Crippen LogP contribution in [-0.2, 0) is 4.74 Å². The first kappa shape index (κ1) is 11.4. The fourth-order valence-electron chi connectivity index (χ4n) is 1.67. The Morgan fingerprint density at radius 3 is 2.81 bits per heavy atom. The van der Waals surface area contributed by atoms with Gasteiger partial charge in [-0.3, -0.25) is 4.99 Å². The molecule has 86 valence electrons. The molecule has 2 N–H and O–H groups in total. The van der Waals surface area contributed by atoms with Crippen LogP contribution in [-0.4, -0.2) is 19.0 Å². The third-order valence-corrected chi connectivity index (χ3v) is 2.80. The number of rotatable bonds is 4. The molecule has 1 atom stereocenters. The summed E-state index contributed by atoms with van der Waals surface area (Å²) in [5.41, 5.74) is 6.57. The van der Waals surface area contributed by atoms with Crippen LogP contribution in [0.5, 0.6) is 0 Å². The number of ether oxygens (including phenoxy) is 1. The first-order valence-electron chi connectivity index (χ1n) is 5.45. The molecular weight excluding hydrogens is 224 g/mol. The zero-order chi connectivity index (χ0) is 11.4. The van der Waals surface area contributed by atoms with Gasteiger partial charge in [0.05, 0.1) is 6.54 Å². The Morgan fingerprint density at radius 1 is 1.38 bits per heavy atom. The van der Waals surface area contributed by atoms with E-state index in [-0.39, 0.29) is 6.10 Å². The zero-order valence-corrected chi connectivity index (χ0v) is 9.78. The molecule has 0 amide bonds. The van der Waals surface area contributed by atoms with Crippen molar-refractivity contribution in [3.05, 3.63) is 34.9 Å². The van der Waals surface area contributed by atoms with Crippen LogP contribution < -0.4 is 5.73 Å². The predicted molar refractivity (Wildman–Crippen MR) is 65.9 cm³/mol. The van der Waals surface area contributed by atoms with E-state index in [1.807, 2.05) is 24.3 Å². The van der Waals surface area contributed by atoms with E-state index in [4.69, 9.17) is 22.1 Å². The highest BCUT2D eigenvalue weighted by Crippen LogP contribution is 2.25. The number of hydrogen-bond acceptors (Lipinski definition) is 3. The maximum Gasteiger partial charge on any atom is 0.184 e. The molecule has 1 aliphatic heterocycles. The standard InChI is InChI=1S/C12H15ClN2O/c13-10-5-3-9(4-6-10)11-8-15-12(16-11)2-1-7-14/h3-6,11H,1-2,7-8,14H2. The van der Waals surface area contributed by atoms with Gasteiger partial charge in [-0.1, -0.05) is 23.7 Å². The van der Waals surface area contributed by atoms with Crippen molar-refractivity contribution >= 4 is 17.5 Å². The first-order valence-corrected chi connectivity index (χ1v) is 5.83. The maximum atomic E-state index is 5.83. The van der Waals surface area contributed by atoms with Crippen molar-refractivity contribution in [3.8, 4) is 0 Å². The minimum absolute atomic E-state index is 0.0463. The Morgan fingerprint density at radius 2 is 2.12 bits per heavy atom. The number of hydrogen-bond donors (Lipinski definition) is 1. The molecule has 3 nitrogen and oxygen atoms in total. The average molecular weight is 239 g/mol. The molecule has 1 aromatic carbocycles. The number of nitrogens with zero attached hydrogens (tertiary/aromatic N) is 1. The normalized spacial score (nSPS) is 19.4. The van der Waals surface area contributed by atoms with Crippen molar-refractivity contribution in [2.24, 2.45) is 10.7 Å². The molecule has 0 spiro atoms. The van der Waals surface area contributed by atoms with Gasteiger partial charge < -0.3 is 10.5 Å². The summed E-state index contributed by atoms with van der Waals surface area (Å²) in [4.78, 5) is 4.36. The van der Waals surface area contributed by atoms with Crippen LogP contribution in [0.25, 0.3) is 0 Å². The lowest BCUT2D eigenvalue weighted by atomic mass is 10.1. The fraction of sp³-hybridized carbons (Fsp3) is 0.417. The summed E-state index contributed by atoms with van der Waals surface area (Å²) in [5, 5.41) is 0.742. The highest BCUT2D eigenvalue weighted by molar-refractivity contribution is 6.30. The molecule has 1 aromatic rings. The first-order chi connectivity index (χ1) is 7.79. The molecule has 1 aliphatic rings. The van der Waals surface area contributed by atoms with E-state index >= 15 is 0 Å². The largest absolute Gasteiger partial charge is 0.471 e. The molecule has 0 aliphatic carbocycles. The Hall–Kier alpha value is -1.06. The van der Waals surface area contributed by atoms with Gasteiger partial charge in [0.15, 0.2) is 5.90 Å². The average Bonchev–Trinajstić information content (AvgIpc) is 2.76. The van der Waals surface area contributed by atoms with E-state index < -0.39 is 0 Å². The second kappa shape index (κ2) is 5.32. The molecule has 0 saturated carbocycles. The fourth-order valence-corrected chi connectivity index (χ4v) is 1.79. The van der Waals surface area contributed by atoms with Crippen LogP contribution in [0.4, 0.5) is 0 Å². The third-order valence-electron chi connectivity index (χ3n) is 2.55. The number of benzene rings is 1. The highest BCUT2D eigenvalue weighted by Gasteiger charge is 2.20. The number of nitrogens with two attached hydrogens (primary N) is 1. The monoisotopic (exact) mass is 238 g/mol. The molecule has 1 heterocycles. The minimum atomic E-state index is 0.0463. The van der Waals surface area contributed by atoms with Gasteiger partial charge in [0, 0.05) is 11.4 Å². The molecule has 4 heteroatoms. The molecule has 0 aromatic heterocycles. The topological polar surface area (TPSA) is 47.6 Å². The molecule has 2 rings (SSSR count). The molecule has 1 unspecified atom stereocenters. The van der Waals surface area contributed by atoms with E-state index in [9.17, 15) is 0 Å². The molecular formula is C12H15ClN2O. The van der Waals surface area contributed by atoms with Crippen molar-refractivity contribution in [1.82, 2.24) is 0 Å². The molecule has 0 radical (unpaired) electrons. The molecule has 0 bridgehead atoms. The van der Waals surface area contributed by atoms with Crippen LogP contribution in [0, 0.1) is 0 Å². The third kappa shape index (κ3) is 2.74. The van der Waals surface area contributed by atoms with Gasteiger partial charge in [0.25, 0.3) is 0 Å². The van der Waals surface area contributed by atoms with Crippen molar-refractivity contribution in [2.45, 2.75) is 18.9 Å². The van der Waals surface area contributed by atoms with Gasteiger partial charge >= 0.3 is 0 Å². The van der Waals surface area contributed by atoms with Gasteiger partial charge in [0.1, 0.15) is 6.10 Å². The van der Waals surface area contributed by atoms with Gasteiger partial charge in [-0.05, 0) is 30.7 Å². The SMILES string of the molecule is NCCCC1=NCC(c2ccc(Cl)cc2)O1. The molecule has 16 heavy (non-hydrogen) atoms. The Kier molecular flexibility index (Phi) is 3.80. The second-order valence-corrected chi connectivity index (χ2v) is 4.22. The van der Waals surface area contributed by atoms with Crippen LogP contribution in [0.3, 0.4) is 0 Å². The Labute approximate surface area is 100 Å². The van der Waals surface area contributed by atoms with Gasteiger partial charge in [0.2, 0.25) is 0 Å². The predicted octanol–water partition coefficient (Wildman–Crippen LogP) is 2.55. The Balaban J connectivity index is 1.93. The zero-order valence-electron chi connectivity index (χ0n) is 9.03. The van der Waals surface area contributed by atoms with Crippen LogP contribution >= 0.6 is 11.6 Å². The lowest BCUT2D eigenvalue weighted by molar-refractivity contribution is 0.223. The van der Waals surface area contributed by atoms with E-state index in [0.717, 1.165) is 29.3 Å². The maximum absolute atomic E-state index is 5.83. The van der Waals surface area contributed by atoms with Crippen molar-refractivity contribution in [1.29, 1.82) is 0 Å². The van der Waals surface area contributed by atoms with Crippen molar-refractivity contribution < 1.29 is 4.74 Å². The van der Waals surface area contributed by atoms with Gasteiger partial charge in [-0.15, -0.1) is 0 Å². The second-order valence-electron chi connectivity index (χ2n) is 3.78. The highest BCUT2D eigenvalue weighted by atomic mass is 35.5. The summed E-state index contributed by atoms with van der Waals surface area (Å²) in [6.07, 6.45) is 1.80. The summed E-state index contributed by atoms with van der Waals surface area (Å²) in [5.74, 6) is 0.824. The van der Waals surface area contributed by atoms with E-state index in [0.29, 0.717) is 13.1 Å². The van der Waals surface area contributed by atoms with E-state index in [1.165, 1.54) is 0 Å². The quantitative estimate of drug-likeness (QED) is 0.876. The summed E-state index contributed by atoms with van der Waals surface area (Å²) >= 11 is 5.83. The Bertz CT molecular complexity index is 375. The van der Waals surface area contributed by atoms with Gasteiger partial charge in [-0.25, -0.2) is 0 Å². The smallest absolute Gasteiger partial charge is 0.184 e. The lowest BCUT2D eigenvalue weighted by Crippen LogP contribution is -2.07. The van der Waals surface area contributed by atoms with Crippen LogP contribution in [0.2, 0.25) is 5.02 Å². The number of aliphatic imine (C=N–C) groups is 1. The lowest BCUT2D eigenvalue weighted by Gasteiger charge is -2.11.